The molecule has 0 aliphatic carbocycles. The first-order valence-corrected chi connectivity index (χ1v) is 8.71. The van der Waals surface area contributed by atoms with Gasteiger partial charge in [0.05, 0.1) is 11.0 Å². The fourth-order valence-electron chi connectivity index (χ4n) is 2.72. The van der Waals surface area contributed by atoms with Crippen LogP contribution in [0.3, 0.4) is 0 Å². The number of hydrogen-bond acceptors (Lipinski definition) is 6. The number of aromatic amines is 1. The van der Waals surface area contributed by atoms with Gasteiger partial charge in [-0.05, 0) is 24.3 Å². The van der Waals surface area contributed by atoms with Gasteiger partial charge in [-0.3, -0.25) is 9.78 Å². The van der Waals surface area contributed by atoms with Crippen molar-refractivity contribution in [2.24, 2.45) is 0 Å². The number of nitrogens with one attached hydrogen (secondary N) is 2. The molecule has 1 amide bonds. The number of carbonyl (C=O) groups excluding carboxylic acids is 1. The predicted molar refractivity (Wildman–Crippen MR) is 98.7 cm³/mol. The smallest absolute Gasteiger partial charge is 0.228 e. The summed E-state index contributed by atoms with van der Waals surface area (Å²) >= 11 is 0. The maximum Gasteiger partial charge on any atom is 0.228 e. The highest BCUT2D eigenvalue weighted by atomic mass is 16.5. The van der Waals surface area contributed by atoms with Crippen molar-refractivity contribution in [2.45, 2.75) is 19.3 Å². The van der Waals surface area contributed by atoms with Crippen molar-refractivity contribution < 1.29 is 9.32 Å². The Hall–Kier alpha value is -3.55. The average Bonchev–Trinajstić information content (AvgIpc) is 3.34. The van der Waals surface area contributed by atoms with E-state index >= 15 is 0 Å². The maximum absolute atomic E-state index is 12.0. The first-order valence-electron chi connectivity index (χ1n) is 8.71. The number of pyridine rings is 1. The molecule has 8 heteroatoms. The molecule has 0 radical (unpaired) electrons. The molecule has 0 saturated carbocycles. The lowest BCUT2D eigenvalue weighted by Crippen LogP contribution is -2.26. The van der Waals surface area contributed by atoms with Crippen LogP contribution in [0.15, 0.2) is 53.3 Å². The van der Waals surface area contributed by atoms with E-state index in [2.05, 4.69) is 30.4 Å². The van der Waals surface area contributed by atoms with Gasteiger partial charge in [0.2, 0.25) is 17.6 Å². The highest BCUT2D eigenvalue weighted by molar-refractivity contribution is 5.77. The summed E-state index contributed by atoms with van der Waals surface area (Å²) in [5, 5.41) is 6.79. The van der Waals surface area contributed by atoms with E-state index in [1.165, 1.54) is 0 Å². The third kappa shape index (κ3) is 4.17. The number of benzene rings is 1. The van der Waals surface area contributed by atoms with Crippen LogP contribution in [-0.4, -0.2) is 37.5 Å². The molecular weight excluding hydrogens is 344 g/mol. The third-order valence-electron chi connectivity index (χ3n) is 4.08. The molecule has 8 nitrogen and oxygen atoms in total. The molecule has 0 aliphatic heterocycles. The van der Waals surface area contributed by atoms with Crippen molar-refractivity contribution in [3.63, 3.8) is 0 Å². The Morgan fingerprint density at radius 1 is 1.11 bits per heavy atom. The minimum absolute atomic E-state index is 0.0394. The van der Waals surface area contributed by atoms with Gasteiger partial charge in [-0.25, -0.2) is 4.98 Å². The van der Waals surface area contributed by atoms with Crippen molar-refractivity contribution in [3.8, 4) is 11.4 Å². The summed E-state index contributed by atoms with van der Waals surface area (Å²) in [6.07, 6.45) is 4.76. The van der Waals surface area contributed by atoms with Crippen LogP contribution in [0.25, 0.3) is 22.4 Å². The zero-order valence-electron chi connectivity index (χ0n) is 14.6. The zero-order valence-corrected chi connectivity index (χ0v) is 14.6. The van der Waals surface area contributed by atoms with E-state index in [1.807, 2.05) is 36.4 Å². The van der Waals surface area contributed by atoms with Gasteiger partial charge < -0.3 is 14.8 Å². The van der Waals surface area contributed by atoms with E-state index in [0.29, 0.717) is 37.5 Å². The maximum atomic E-state index is 12.0. The third-order valence-corrected chi connectivity index (χ3v) is 4.08. The first-order chi connectivity index (χ1) is 13.3. The number of fused-ring (bicyclic) bond motifs is 1. The highest BCUT2D eigenvalue weighted by Gasteiger charge is 2.10. The summed E-state index contributed by atoms with van der Waals surface area (Å²) in [6.45, 7) is 0.438. The number of hydrogen-bond donors (Lipinski definition) is 2. The van der Waals surface area contributed by atoms with Gasteiger partial charge in [-0.1, -0.05) is 17.3 Å². The van der Waals surface area contributed by atoms with Crippen LogP contribution in [0, 0.1) is 0 Å². The van der Waals surface area contributed by atoms with Crippen molar-refractivity contribution in [1.82, 2.24) is 30.4 Å². The summed E-state index contributed by atoms with van der Waals surface area (Å²) in [5.41, 5.74) is 2.69. The quantitative estimate of drug-likeness (QED) is 0.522. The summed E-state index contributed by atoms with van der Waals surface area (Å²) < 4.78 is 5.21. The molecular formula is C19H18N6O2. The molecule has 2 N–H and O–H groups in total. The van der Waals surface area contributed by atoms with E-state index in [1.54, 1.807) is 12.4 Å². The molecule has 0 atom stereocenters. The molecule has 27 heavy (non-hydrogen) atoms. The number of para-hydroxylation sites is 2. The molecule has 0 bridgehead atoms. The second-order valence-electron chi connectivity index (χ2n) is 6.05. The largest absolute Gasteiger partial charge is 0.356 e. The van der Waals surface area contributed by atoms with Gasteiger partial charge in [-0.2, -0.15) is 4.98 Å². The van der Waals surface area contributed by atoms with Crippen LogP contribution < -0.4 is 5.32 Å². The topological polar surface area (TPSA) is 110 Å². The minimum atomic E-state index is -0.0394. The summed E-state index contributed by atoms with van der Waals surface area (Å²) in [4.78, 5) is 28.1. The van der Waals surface area contributed by atoms with Gasteiger partial charge in [0.1, 0.15) is 5.82 Å². The average molecular weight is 362 g/mol. The Balaban J connectivity index is 1.23. The van der Waals surface area contributed by atoms with E-state index in [4.69, 9.17) is 4.52 Å². The molecule has 4 aromatic rings. The number of aryl methyl sites for hydroxylation is 1. The fraction of sp³-hybridized carbons (Fsp3) is 0.211. The monoisotopic (exact) mass is 362 g/mol. The minimum Gasteiger partial charge on any atom is -0.356 e. The number of H-pyrrole nitrogens is 1. The van der Waals surface area contributed by atoms with Gasteiger partial charge in [-0.15, -0.1) is 0 Å². The normalized spacial score (nSPS) is 11.0. The van der Waals surface area contributed by atoms with E-state index in [9.17, 15) is 4.79 Å². The van der Waals surface area contributed by atoms with Crippen LogP contribution in [0.2, 0.25) is 0 Å². The van der Waals surface area contributed by atoms with Gasteiger partial charge >= 0.3 is 0 Å². The lowest BCUT2D eigenvalue weighted by molar-refractivity contribution is -0.121. The number of nitrogens with zero attached hydrogens (tertiary/aromatic N) is 4. The van der Waals surface area contributed by atoms with Crippen molar-refractivity contribution >= 4 is 16.9 Å². The van der Waals surface area contributed by atoms with E-state index in [0.717, 1.165) is 22.4 Å². The Morgan fingerprint density at radius 3 is 2.89 bits per heavy atom. The van der Waals surface area contributed by atoms with Gasteiger partial charge in [0.25, 0.3) is 0 Å². The van der Waals surface area contributed by atoms with E-state index < -0.39 is 0 Å². The standard InChI is InChI=1S/C19H18N6O2/c26-17(8-7-16-22-14-5-1-2-6-15(14)23-16)21-11-9-18-24-19(25-27-18)13-4-3-10-20-12-13/h1-6,10,12H,7-9,11H2,(H,21,26)(H,22,23). The van der Waals surface area contributed by atoms with Crippen LogP contribution in [-0.2, 0) is 17.6 Å². The van der Waals surface area contributed by atoms with Crippen LogP contribution in [0.1, 0.15) is 18.1 Å². The predicted octanol–water partition coefficient (Wildman–Crippen LogP) is 2.30. The first kappa shape index (κ1) is 16.9. The summed E-state index contributed by atoms with van der Waals surface area (Å²) in [7, 11) is 0. The zero-order chi connectivity index (χ0) is 18.5. The Kier molecular flexibility index (Phi) is 4.86. The molecule has 3 heterocycles. The Morgan fingerprint density at radius 2 is 2.04 bits per heavy atom. The fourth-order valence-corrected chi connectivity index (χ4v) is 2.72. The molecule has 0 saturated heterocycles. The van der Waals surface area contributed by atoms with Gasteiger partial charge in [0, 0.05) is 43.8 Å². The number of aromatic nitrogens is 5. The molecule has 0 unspecified atom stereocenters. The van der Waals surface area contributed by atoms with E-state index in [-0.39, 0.29) is 5.91 Å². The number of imidazole rings is 1. The lowest BCUT2D eigenvalue weighted by Gasteiger charge is -2.02. The molecule has 0 fully saturated rings. The van der Waals surface area contributed by atoms with Crippen molar-refractivity contribution in [3.05, 3.63) is 60.5 Å². The van der Waals surface area contributed by atoms with Crippen LogP contribution in [0.4, 0.5) is 0 Å². The highest BCUT2D eigenvalue weighted by Crippen LogP contribution is 2.14. The lowest BCUT2D eigenvalue weighted by atomic mass is 10.2. The number of amides is 1. The van der Waals surface area contributed by atoms with Crippen molar-refractivity contribution in [2.75, 3.05) is 6.54 Å². The number of carbonyl (C=O) groups is 1. The van der Waals surface area contributed by atoms with Gasteiger partial charge in [0.15, 0.2) is 0 Å². The second kappa shape index (κ2) is 7.77. The van der Waals surface area contributed by atoms with Crippen LogP contribution >= 0.6 is 0 Å². The summed E-state index contributed by atoms with van der Waals surface area (Å²) in [5.74, 6) is 1.74. The van der Waals surface area contributed by atoms with Crippen LogP contribution in [0.5, 0.6) is 0 Å². The summed E-state index contributed by atoms with van der Waals surface area (Å²) in [6, 6.07) is 11.5. The Labute approximate surface area is 155 Å². The Bertz CT molecular complexity index is 1010. The number of rotatable bonds is 7. The molecule has 4 rings (SSSR count). The van der Waals surface area contributed by atoms with Crippen molar-refractivity contribution in [1.29, 1.82) is 0 Å². The SMILES string of the molecule is O=C(CCc1nc2ccccc2[nH]1)NCCc1nc(-c2cccnc2)no1. The second-order valence-corrected chi connectivity index (χ2v) is 6.05. The molecule has 1 aromatic carbocycles. The molecule has 3 aromatic heterocycles. The molecule has 0 spiro atoms. The molecule has 0 aliphatic rings. The molecule has 136 valence electrons.